The van der Waals surface area contributed by atoms with E-state index >= 15 is 0 Å². The Morgan fingerprint density at radius 2 is 2.18 bits per heavy atom. The fraction of sp³-hybridized carbons (Fsp3) is 0.308. The van der Waals surface area contributed by atoms with Crippen LogP contribution in [0.2, 0.25) is 0 Å². The Labute approximate surface area is 101 Å². The highest BCUT2D eigenvalue weighted by atomic mass is 16.5. The lowest BCUT2D eigenvalue weighted by atomic mass is 10.2. The zero-order valence-electron chi connectivity index (χ0n) is 10.2. The van der Waals surface area contributed by atoms with Crippen molar-refractivity contribution in [1.29, 1.82) is 0 Å². The number of hydrogen-bond acceptors (Lipinski definition) is 3. The highest BCUT2D eigenvalue weighted by molar-refractivity contribution is 5.88. The molecule has 4 nitrogen and oxygen atoms in total. The molecular formula is C13H15NO3. The van der Waals surface area contributed by atoms with Crippen molar-refractivity contribution >= 4 is 11.8 Å². The van der Waals surface area contributed by atoms with Crippen molar-refractivity contribution in [2.75, 3.05) is 25.7 Å². The number of hydrogen-bond donors (Lipinski definition) is 0. The second kappa shape index (κ2) is 6.44. The maximum atomic E-state index is 11.6. The van der Waals surface area contributed by atoms with E-state index in [0.717, 1.165) is 0 Å². The van der Waals surface area contributed by atoms with Gasteiger partial charge in [-0.2, -0.15) is 0 Å². The highest BCUT2D eigenvalue weighted by Gasteiger charge is 2.15. The number of carbonyl (C=O) groups is 1. The van der Waals surface area contributed by atoms with Gasteiger partial charge in [0.1, 0.15) is 5.75 Å². The lowest BCUT2D eigenvalue weighted by Gasteiger charge is -2.19. The summed E-state index contributed by atoms with van der Waals surface area (Å²) in [7, 11) is 2.92. The minimum atomic E-state index is -0.444. The van der Waals surface area contributed by atoms with Gasteiger partial charge in [-0.15, -0.1) is 5.92 Å². The summed E-state index contributed by atoms with van der Waals surface area (Å²) in [5, 5.41) is 0. The normalized spacial score (nSPS) is 8.88. The third-order valence-corrected chi connectivity index (χ3v) is 2.17. The summed E-state index contributed by atoms with van der Waals surface area (Å²) in [6.45, 7) is 2.01. The smallest absolute Gasteiger partial charge is 0.414 e. The van der Waals surface area contributed by atoms with Gasteiger partial charge in [0.2, 0.25) is 0 Å². The molecule has 1 aromatic rings. The first-order valence-corrected chi connectivity index (χ1v) is 5.12. The molecule has 0 aliphatic carbocycles. The molecule has 0 aliphatic rings. The summed E-state index contributed by atoms with van der Waals surface area (Å²) >= 11 is 0. The number of methoxy groups -OCH3 is 2. The Morgan fingerprint density at radius 3 is 2.76 bits per heavy atom. The fourth-order valence-electron chi connectivity index (χ4n) is 1.31. The third kappa shape index (κ3) is 3.42. The fourth-order valence-corrected chi connectivity index (χ4v) is 1.31. The summed E-state index contributed by atoms with van der Waals surface area (Å²) in [6, 6.07) is 7.18. The quantitative estimate of drug-likeness (QED) is 0.752. The number of benzene rings is 1. The van der Waals surface area contributed by atoms with E-state index in [1.807, 2.05) is 12.1 Å². The van der Waals surface area contributed by atoms with Crippen LogP contribution in [-0.4, -0.2) is 26.9 Å². The Morgan fingerprint density at radius 1 is 1.41 bits per heavy atom. The van der Waals surface area contributed by atoms with Crippen LogP contribution in [0.15, 0.2) is 24.3 Å². The topological polar surface area (TPSA) is 38.8 Å². The second-order valence-electron chi connectivity index (χ2n) is 3.18. The molecule has 4 heteroatoms. The number of anilines is 1. The first kappa shape index (κ1) is 12.9. The third-order valence-electron chi connectivity index (χ3n) is 2.17. The Hall–Kier alpha value is -2.15. The highest BCUT2D eigenvalue weighted by Crippen LogP contribution is 2.21. The molecule has 0 saturated carbocycles. The monoisotopic (exact) mass is 233 g/mol. The summed E-state index contributed by atoms with van der Waals surface area (Å²) in [4.78, 5) is 13.1. The van der Waals surface area contributed by atoms with Crippen LogP contribution in [0.4, 0.5) is 10.5 Å². The molecule has 0 saturated heterocycles. The van der Waals surface area contributed by atoms with Crippen LogP contribution in [0.5, 0.6) is 5.75 Å². The van der Waals surface area contributed by atoms with E-state index in [0.29, 0.717) is 11.4 Å². The van der Waals surface area contributed by atoms with E-state index < -0.39 is 6.09 Å². The molecule has 0 aromatic heterocycles. The number of rotatable bonds is 3. The van der Waals surface area contributed by atoms with Gasteiger partial charge in [-0.1, -0.05) is 12.0 Å². The van der Waals surface area contributed by atoms with Crippen LogP contribution in [0.25, 0.3) is 0 Å². The van der Waals surface area contributed by atoms with Crippen molar-refractivity contribution < 1.29 is 14.3 Å². The molecule has 0 bridgehead atoms. The molecular weight excluding hydrogens is 218 g/mol. The summed E-state index contributed by atoms with van der Waals surface area (Å²) in [6.07, 6.45) is -0.444. The molecule has 0 radical (unpaired) electrons. The van der Waals surface area contributed by atoms with Crippen LogP contribution >= 0.6 is 0 Å². The Balaban J connectivity index is 3.01. The zero-order valence-corrected chi connectivity index (χ0v) is 10.2. The number of amides is 1. The Kier molecular flexibility index (Phi) is 4.89. The zero-order chi connectivity index (χ0) is 12.7. The van der Waals surface area contributed by atoms with Crippen LogP contribution in [-0.2, 0) is 4.74 Å². The predicted molar refractivity (Wildman–Crippen MR) is 66.2 cm³/mol. The van der Waals surface area contributed by atoms with Crippen LogP contribution in [0.1, 0.15) is 6.92 Å². The van der Waals surface area contributed by atoms with Gasteiger partial charge >= 0.3 is 6.09 Å². The van der Waals surface area contributed by atoms with E-state index in [4.69, 9.17) is 9.47 Å². The van der Waals surface area contributed by atoms with Crippen molar-refractivity contribution in [3.63, 3.8) is 0 Å². The molecule has 0 aliphatic heterocycles. The molecule has 1 aromatic carbocycles. The first-order chi connectivity index (χ1) is 8.22. The van der Waals surface area contributed by atoms with Gasteiger partial charge in [-0.05, 0) is 19.1 Å². The van der Waals surface area contributed by atoms with Crippen LogP contribution in [0.3, 0.4) is 0 Å². The molecule has 1 amide bonds. The van der Waals surface area contributed by atoms with Gasteiger partial charge in [0.05, 0.1) is 26.5 Å². The van der Waals surface area contributed by atoms with E-state index in [1.165, 1.54) is 12.0 Å². The molecule has 0 atom stereocenters. The van der Waals surface area contributed by atoms with E-state index in [9.17, 15) is 4.79 Å². The number of nitrogens with zero attached hydrogens (tertiary/aromatic N) is 1. The van der Waals surface area contributed by atoms with E-state index in [-0.39, 0.29) is 6.54 Å². The molecule has 17 heavy (non-hydrogen) atoms. The summed E-state index contributed by atoms with van der Waals surface area (Å²) in [5.41, 5.74) is 0.693. The maximum absolute atomic E-state index is 11.6. The lowest BCUT2D eigenvalue weighted by Crippen LogP contribution is -2.31. The summed E-state index contributed by atoms with van der Waals surface area (Å²) < 4.78 is 9.82. The van der Waals surface area contributed by atoms with Gasteiger partial charge < -0.3 is 9.47 Å². The molecule has 0 unspecified atom stereocenters. The van der Waals surface area contributed by atoms with Crippen LogP contribution < -0.4 is 9.64 Å². The largest absolute Gasteiger partial charge is 0.497 e. The first-order valence-electron chi connectivity index (χ1n) is 5.12. The van der Waals surface area contributed by atoms with Gasteiger partial charge in [0.25, 0.3) is 0 Å². The predicted octanol–water partition coefficient (Wildman–Crippen LogP) is 2.29. The average Bonchev–Trinajstić information content (AvgIpc) is 2.39. The van der Waals surface area contributed by atoms with Crippen molar-refractivity contribution in [3.05, 3.63) is 24.3 Å². The molecule has 90 valence electrons. The van der Waals surface area contributed by atoms with Crippen molar-refractivity contribution in [2.45, 2.75) is 6.92 Å². The SMILES string of the molecule is CC#CCN(C(=O)OC)c1cccc(OC)c1. The number of ether oxygens (including phenoxy) is 2. The average molecular weight is 233 g/mol. The molecule has 0 heterocycles. The van der Waals surface area contributed by atoms with Gasteiger partial charge in [-0.3, -0.25) is 4.90 Å². The van der Waals surface area contributed by atoms with Crippen molar-refractivity contribution in [3.8, 4) is 17.6 Å². The van der Waals surface area contributed by atoms with Crippen molar-refractivity contribution in [2.24, 2.45) is 0 Å². The molecule has 0 spiro atoms. The maximum Gasteiger partial charge on any atom is 0.414 e. The van der Waals surface area contributed by atoms with E-state index in [2.05, 4.69) is 11.8 Å². The molecule has 0 N–H and O–H groups in total. The Bertz CT molecular complexity index is 445. The second-order valence-corrected chi connectivity index (χ2v) is 3.18. The van der Waals surface area contributed by atoms with Gasteiger partial charge in [0, 0.05) is 6.07 Å². The summed E-state index contributed by atoms with van der Waals surface area (Å²) in [5.74, 6) is 6.26. The van der Waals surface area contributed by atoms with Gasteiger partial charge in [0.15, 0.2) is 0 Å². The standard InChI is InChI=1S/C13H15NO3/c1-4-5-9-14(13(15)17-3)11-7-6-8-12(10-11)16-2/h6-8,10H,9H2,1-3H3. The molecule has 0 fully saturated rings. The van der Waals surface area contributed by atoms with E-state index in [1.54, 1.807) is 26.2 Å². The minimum absolute atomic E-state index is 0.288. The lowest BCUT2D eigenvalue weighted by molar-refractivity contribution is 0.179. The molecule has 1 rings (SSSR count). The number of carbonyl (C=O) groups excluding carboxylic acids is 1. The van der Waals surface area contributed by atoms with Crippen molar-refractivity contribution in [1.82, 2.24) is 0 Å². The van der Waals surface area contributed by atoms with Crippen LogP contribution in [0, 0.1) is 11.8 Å². The minimum Gasteiger partial charge on any atom is -0.497 e. The van der Waals surface area contributed by atoms with Gasteiger partial charge in [-0.25, -0.2) is 4.79 Å².